The number of benzene rings is 1. The smallest absolute Gasteiger partial charge is 0.282 e. The average Bonchev–Trinajstić information content (AvgIpc) is 2.70. The summed E-state index contributed by atoms with van der Waals surface area (Å²) < 4.78 is 0. The lowest BCUT2D eigenvalue weighted by molar-refractivity contribution is -0.913. The van der Waals surface area contributed by atoms with E-state index in [1.165, 1.54) is 30.6 Å². The highest BCUT2D eigenvalue weighted by Gasteiger charge is 2.26. The van der Waals surface area contributed by atoms with Gasteiger partial charge in [0.05, 0.1) is 23.8 Å². The number of carbonyl (C=O) groups excluding carboxylic acids is 1. The third-order valence-electron chi connectivity index (χ3n) is 3.94. The van der Waals surface area contributed by atoms with Crippen LogP contribution in [0.5, 0.6) is 0 Å². The van der Waals surface area contributed by atoms with Crippen LogP contribution in [0.25, 0.3) is 0 Å². The summed E-state index contributed by atoms with van der Waals surface area (Å²) in [5.74, 6) is 0.0196. The van der Waals surface area contributed by atoms with Gasteiger partial charge < -0.3 is 10.2 Å². The summed E-state index contributed by atoms with van der Waals surface area (Å²) in [7, 11) is 0. The van der Waals surface area contributed by atoms with E-state index in [4.69, 9.17) is 23.2 Å². The molecule has 1 aliphatic heterocycles. The van der Waals surface area contributed by atoms with Crippen molar-refractivity contribution in [3.8, 4) is 0 Å². The van der Waals surface area contributed by atoms with Crippen LogP contribution in [0.2, 0.25) is 10.0 Å². The average molecular weight is 316 g/mol. The van der Waals surface area contributed by atoms with E-state index in [0.29, 0.717) is 15.7 Å². The first-order chi connectivity index (χ1) is 9.58. The molecule has 2 rings (SSSR count). The van der Waals surface area contributed by atoms with Crippen LogP contribution in [0.4, 0.5) is 5.69 Å². The summed E-state index contributed by atoms with van der Waals surface area (Å²) in [4.78, 5) is 13.7. The second kappa shape index (κ2) is 7.30. The topological polar surface area (TPSA) is 33.5 Å². The summed E-state index contributed by atoms with van der Waals surface area (Å²) in [6.45, 7) is 4.13. The van der Waals surface area contributed by atoms with Crippen LogP contribution >= 0.6 is 23.2 Å². The fourth-order valence-corrected chi connectivity index (χ4v) is 3.09. The second-order valence-corrected chi connectivity index (χ2v) is 6.25. The van der Waals surface area contributed by atoms with E-state index in [1.54, 1.807) is 18.2 Å². The predicted molar refractivity (Wildman–Crippen MR) is 83.7 cm³/mol. The molecule has 0 unspecified atom stereocenters. The molecule has 5 heteroatoms. The largest absolute Gasteiger partial charge is 0.325 e. The number of halogens is 2. The molecule has 1 atom stereocenters. The van der Waals surface area contributed by atoms with Gasteiger partial charge >= 0.3 is 0 Å². The Hall–Kier alpha value is -0.770. The molecular formula is C15H21Cl2N2O+. The van der Waals surface area contributed by atoms with Crippen LogP contribution in [-0.2, 0) is 4.79 Å². The lowest BCUT2D eigenvalue weighted by atomic mass is 10.2. The predicted octanol–water partition coefficient (Wildman–Crippen LogP) is 2.78. The van der Waals surface area contributed by atoms with E-state index in [9.17, 15) is 4.79 Å². The Morgan fingerprint density at radius 3 is 2.45 bits per heavy atom. The van der Waals surface area contributed by atoms with Crippen molar-refractivity contribution < 1.29 is 9.69 Å². The number of nitrogens with one attached hydrogen (secondary N) is 2. The molecule has 0 saturated carbocycles. The molecule has 0 spiro atoms. The maximum atomic E-state index is 12.3. The molecule has 1 aliphatic rings. The van der Waals surface area contributed by atoms with Crippen LogP contribution in [0.3, 0.4) is 0 Å². The number of likely N-dealkylation sites (tertiary alicyclic amines) is 1. The first kappa shape index (κ1) is 15.6. The minimum absolute atomic E-state index is 0.0196. The monoisotopic (exact) mass is 315 g/mol. The highest BCUT2D eigenvalue weighted by molar-refractivity contribution is 6.36. The molecule has 1 heterocycles. The molecule has 1 aromatic carbocycles. The fourth-order valence-electron chi connectivity index (χ4n) is 2.63. The Bertz CT molecular complexity index is 471. The molecule has 1 saturated heterocycles. The van der Waals surface area contributed by atoms with Crippen molar-refractivity contribution in [2.45, 2.75) is 38.6 Å². The van der Waals surface area contributed by atoms with Crippen molar-refractivity contribution in [3.63, 3.8) is 0 Å². The summed E-state index contributed by atoms with van der Waals surface area (Å²) >= 11 is 11.9. The molecule has 20 heavy (non-hydrogen) atoms. The third-order valence-corrected chi connectivity index (χ3v) is 4.49. The molecule has 1 fully saturated rings. The maximum absolute atomic E-state index is 12.3. The van der Waals surface area contributed by atoms with E-state index in [-0.39, 0.29) is 11.9 Å². The highest BCUT2D eigenvalue weighted by atomic mass is 35.5. The first-order valence-electron chi connectivity index (χ1n) is 7.18. The van der Waals surface area contributed by atoms with Crippen LogP contribution in [0.1, 0.15) is 32.6 Å². The number of carbonyl (C=O) groups is 1. The van der Waals surface area contributed by atoms with Crippen LogP contribution in [-0.4, -0.2) is 25.0 Å². The second-order valence-electron chi connectivity index (χ2n) is 5.41. The van der Waals surface area contributed by atoms with Crippen molar-refractivity contribution in [2.24, 2.45) is 0 Å². The van der Waals surface area contributed by atoms with Crippen molar-refractivity contribution in [1.29, 1.82) is 0 Å². The number of hydrogen-bond donors (Lipinski definition) is 2. The van der Waals surface area contributed by atoms with E-state index in [0.717, 1.165) is 13.1 Å². The summed E-state index contributed by atoms with van der Waals surface area (Å²) in [6, 6.07) is 5.06. The molecule has 0 aromatic heterocycles. The molecule has 1 amide bonds. The Labute approximate surface area is 130 Å². The van der Waals surface area contributed by atoms with E-state index >= 15 is 0 Å². The Kier molecular flexibility index (Phi) is 5.70. The molecule has 0 radical (unpaired) electrons. The van der Waals surface area contributed by atoms with Gasteiger partial charge in [0.2, 0.25) is 0 Å². The van der Waals surface area contributed by atoms with Gasteiger partial charge in [-0.2, -0.15) is 0 Å². The minimum atomic E-state index is -0.0557. The zero-order chi connectivity index (χ0) is 14.5. The molecular weight excluding hydrogens is 295 g/mol. The van der Waals surface area contributed by atoms with Gasteiger partial charge in [-0.1, -0.05) is 23.2 Å². The normalized spacial score (nSPS) is 18.4. The highest BCUT2D eigenvalue weighted by Crippen LogP contribution is 2.25. The lowest BCUT2D eigenvalue weighted by Gasteiger charge is -2.23. The minimum Gasteiger partial charge on any atom is -0.325 e. The lowest BCUT2D eigenvalue weighted by Crippen LogP contribution is -3.16. The number of hydrogen-bond acceptors (Lipinski definition) is 1. The van der Waals surface area contributed by atoms with Crippen molar-refractivity contribution in [3.05, 3.63) is 28.2 Å². The van der Waals surface area contributed by atoms with Gasteiger partial charge in [-0.25, -0.2) is 0 Å². The number of rotatable bonds is 3. The van der Waals surface area contributed by atoms with Crippen molar-refractivity contribution in [2.75, 3.05) is 18.4 Å². The molecule has 0 aliphatic carbocycles. The number of amides is 1. The summed E-state index contributed by atoms with van der Waals surface area (Å²) in [5, 5.41) is 3.95. The van der Waals surface area contributed by atoms with Crippen LogP contribution in [0, 0.1) is 0 Å². The van der Waals surface area contributed by atoms with E-state index in [1.807, 2.05) is 6.92 Å². The Morgan fingerprint density at radius 1 is 1.20 bits per heavy atom. The molecule has 2 N–H and O–H groups in total. The first-order valence-corrected chi connectivity index (χ1v) is 7.94. The fraction of sp³-hybridized carbons (Fsp3) is 0.533. The molecule has 1 aromatic rings. The van der Waals surface area contributed by atoms with Gasteiger partial charge in [-0.3, -0.25) is 4.79 Å². The van der Waals surface area contributed by atoms with Gasteiger partial charge in [0.15, 0.2) is 6.04 Å². The van der Waals surface area contributed by atoms with Crippen LogP contribution in [0.15, 0.2) is 18.2 Å². The quantitative estimate of drug-likeness (QED) is 0.883. The summed E-state index contributed by atoms with van der Waals surface area (Å²) in [6.07, 6.45) is 4.96. The Balaban J connectivity index is 1.99. The number of quaternary nitrogens is 1. The van der Waals surface area contributed by atoms with Crippen molar-refractivity contribution >= 4 is 34.8 Å². The summed E-state index contributed by atoms with van der Waals surface area (Å²) in [5.41, 5.74) is 0.627. The van der Waals surface area contributed by atoms with Gasteiger partial charge in [0.1, 0.15) is 0 Å². The molecule has 3 nitrogen and oxygen atoms in total. The SMILES string of the molecule is C[C@H](C(=O)Nc1ccc(Cl)cc1Cl)[NH+]1CCCCCC1. The molecule has 0 bridgehead atoms. The van der Waals surface area contributed by atoms with Crippen LogP contribution < -0.4 is 10.2 Å². The standard InChI is InChI=1S/C15H20Cl2N2O/c1-11(19-8-4-2-3-5-9-19)15(20)18-14-7-6-12(16)10-13(14)17/h6-7,10-11H,2-5,8-9H2,1H3,(H,18,20)/p+1/t11-/m1/s1. The van der Waals surface area contributed by atoms with E-state index in [2.05, 4.69) is 5.32 Å². The zero-order valence-corrected chi connectivity index (χ0v) is 13.2. The Morgan fingerprint density at radius 2 is 1.85 bits per heavy atom. The third kappa shape index (κ3) is 4.11. The van der Waals surface area contributed by atoms with Crippen molar-refractivity contribution in [1.82, 2.24) is 0 Å². The van der Waals surface area contributed by atoms with E-state index < -0.39 is 0 Å². The van der Waals surface area contributed by atoms with Gasteiger partial charge in [-0.15, -0.1) is 0 Å². The zero-order valence-electron chi connectivity index (χ0n) is 11.7. The maximum Gasteiger partial charge on any atom is 0.282 e. The van der Waals surface area contributed by atoms with Gasteiger partial charge in [-0.05, 0) is 50.8 Å². The number of anilines is 1. The van der Waals surface area contributed by atoms with Gasteiger partial charge in [0.25, 0.3) is 5.91 Å². The molecule has 110 valence electrons. The van der Waals surface area contributed by atoms with Gasteiger partial charge in [0, 0.05) is 5.02 Å².